The summed E-state index contributed by atoms with van der Waals surface area (Å²) in [6.45, 7) is 4.78. The fraction of sp³-hybridized carbons (Fsp3) is 0.667. The van der Waals surface area contributed by atoms with Gasteiger partial charge >= 0.3 is 0 Å². The molecule has 5 nitrogen and oxygen atoms in total. The van der Waals surface area contributed by atoms with E-state index in [1.54, 1.807) is 18.6 Å². The standard InChI is InChI=1S/C12H21NO4S2/c1-10(2)8-13(5-6-17-3)19(15,16)12-4-7-18-11(12)9-14/h4,7,10,14H,5-6,8-9H2,1-3H3. The fourth-order valence-corrected chi connectivity index (χ4v) is 4.58. The molecule has 0 aromatic carbocycles. The number of methoxy groups -OCH3 is 1. The highest BCUT2D eigenvalue weighted by Gasteiger charge is 2.27. The summed E-state index contributed by atoms with van der Waals surface area (Å²) in [7, 11) is -2.02. The number of nitrogens with zero attached hydrogens (tertiary/aromatic N) is 1. The molecule has 7 heteroatoms. The monoisotopic (exact) mass is 307 g/mol. The van der Waals surface area contributed by atoms with Gasteiger partial charge in [-0.3, -0.25) is 0 Å². The van der Waals surface area contributed by atoms with Gasteiger partial charge in [-0.05, 0) is 17.4 Å². The smallest absolute Gasteiger partial charge is 0.244 e. The molecule has 0 spiro atoms. The molecule has 0 fully saturated rings. The highest BCUT2D eigenvalue weighted by atomic mass is 32.2. The minimum Gasteiger partial charge on any atom is -0.391 e. The van der Waals surface area contributed by atoms with Crippen molar-refractivity contribution in [3.05, 3.63) is 16.3 Å². The van der Waals surface area contributed by atoms with Gasteiger partial charge in [0.1, 0.15) is 0 Å². The minimum atomic E-state index is -3.56. The summed E-state index contributed by atoms with van der Waals surface area (Å²) < 4.78 is 31.6. The van der Waals surface area contributed by atoms with Gasteiger partial charge in [0.2, 0.25) is 10.0 Å². The zero-order valence-corrected chi connectivity index (χ0v) is 13.1. The molecular weight excluding hydrogens is 286 g/mol. The molecule has 0 unspecified atom stereocenters. The lowest BCUT2D eigenvalue weighted by Gasteiger charge is -2.23. The van der Waals surface area contributed by atoms with Gasteiger partial charge in [-0.2, -0.15) is 4.31 Å². The largest absolute Gasteiger partial charge is 0.391 e. The van der Waals surface area contributed by atoms with Gasteiger partial charge in [0.25, 0.3) is 0 Å². The van der Waals surface area contributed by atoms with Gasteiger partial charge in [-0.1, -0.05) is 13.8 Å². The quantitative estimate of drug-likeness (QED) is 0.791. The number of hydrogen-bond acceptors (Lipinski definition) is 5. The number of rotatable bonds is 8. The second kappa shape index (κ2) is 7.35. The number of aliphatic hydroxyl groups excluding tert-OH is 1. The first-order valence-corrected chi connectivity index (χ1v) is 8.41. The van der Waals surface area contributed by atoms with E-state index in [9.17, 15) is 13.5 Å². The summed E-state index contributed by atoms with van der Waals surface area (Å²) in [4.78, 5) is 0.683. The Labute approximate surface area is 118 Å². The summed E-state index contributed by atoms with van der Waals surface area (Å²) in [5, 5.41) is 10.9. The molecule has 0 aliphatic heterocycles. The van der Waals surface area contributed by atoms with Crippen molar-refractivity contribution >= 4 is 21.4 Å². The first-order chi connectivity index (χ1) is 8.93. The Balaban J connectivity index is 3.04. The van der Waals surface area contributed by atoms with E-state index in [1.165, 1.54) is 15.6 Å². The third-order valence-corrected chi connectivity index (χ3v) is 5.56. The number of thiophene rings is 1. The Morgan fingerprint density at radius 2 is 2.16 bits per heavy atom. The molecule has 1 aromatic rings. The van der Waals surface area contributed by atoms with Crippen LogP contribution in [0, 0.1) is 5.92 Å². The Hall–Kier alpha value is -0.470. The van der Waals surface area contributed by atoms with Gasteiger partial charge in [-0.15, -0.1) is 11.3 Å². The number of hydrogen-bond donors (Lipinski definition) is 1. The van der Waals surface area contributed by atoms with Crippen molar-refractivity contribution in [1.82, 2.24) is 4.31 Å². The first-order valence-electron chi connectivity index (χ1n) is 6.09. The van der Waals surface area contributed by atoms with Crippen molar-refractivity contribution in [2.75, 3.05) is 26.8 Å². The second-order valence-corrected chi connectivity index (χ2v) is 7.52. The Bertz CT molecular complexity index is 482. The van der Waals surface area contributed by atoms with Crippen LogP contribution in [-0.2, 0) is 21.4 Å². The van der Waals surface area contributed by atoms with E-state index in [0.29, 0.717) is 24.6 Å². The number of aliphatic hydroxyl groups is 1. The molecule has 1 aromatic heterocycles. The molecule has 0 saturated carbocycles. The maximum atomic E-state index is 12.6. The van der Waals surface area contributed by atoms with Crippen LogP contribution in [0.4, 0.5) is 0 Å². The van der Waals surface area contributed by atoms with Crippen LogP contribution < -0.4 is 0 Å². The number of sulfonamides is 1. The zero-order valence-electron chi connectivity index (χ0n) is 11.5. The van der Waals surface area contributed by atoms with Gasteiger partial charge in [0.05, 0.1) is 18.1 Å². The second-order valence-electron chi connectivity index (χ2n) is 4.62. The van der Waals surface area contributed by atoms with Crippen LogP contribution in [0.1, 0.15) is 18.7 Å². The van der Waals surface area contributed by atoms with E-state index in [2.05, 4.69) is 0 Å². The molecule has 0 bridgehead atoms. The van der Waals surface area contributed by atoms with Crippen molar-refractivity contribution in [2.45, 2.75) is 25.3 Å². The van der Waals surface area contributed by atoms with Crippen LogP contribution in [0.5, 0.6) is 0 Å². The third-order valence-electron chi connectivity index (χ3n) is 2.58. The van der Waals surface area contributed by atoms with Crippen LogP contribution in [0.15, 0.2) is 16.3 Å². The van der Waals surface area contributed by atoms with Crippen LogP contribution in [0.3, 0.4) is 0 Å². The third kappa shape index (κ3) is 4.25. The maximum absolute atomic E-state index is 12.6. The molecule has 1 rings (SSSR count). The van der Waals surface area contributed by atoms with Crippen molar-refractivity contribution in [1.29, 1.82) is 0 Å². The molecule has 19 heavy (non-hydrogen) atoms. The van der Waals surface area contributed by atoms with E-state index >= 15 is 0 Å². The number of ether oxygens (including phenoxy) is 1. The summed E-state index contributed by atoms with van der Waals surface area (Å²) in [6.07, 6.45) is 0. The normalized spacial score (nSPS) is 12.5. The lowest BCUT2D eigenvalue weighted by molar-refractivity contribution is 0.175. The first kappa shape index (κ1) is 16.6. The Kier molecular flexibility index (Phi) is 6.41. The van der Waals surface area contributed by atoms with E-state index in [0.717, 1.165) is 0 Å². The molecule has 1 N–H and O–H groups in total. The fourth-order valence-electron chi connectivity index (χ4n) is 1.72. The summed E-state index contributed by atoms with van der Waals surface area (Å²) in [6, 6.07) is 1.55. The van der Waals surface area contributed by atoms with Gasteiger partial charge in [-0.25, -0.2) is 8.42 Å². The Morgan fingerprint density at radius 3 is 2.68 bits per heavy atom. The molecule has 0 atom stereocenters. The van der Waals surface area contributed by atoms with Crippen molar-refractivity contribution in [3.63, 3.8) is 0 Å². The lowest BCUT2D eigenvalue weighted by atomic mass is 10.2. The van der Waals surface area contributed by atoms with Crippen molar-refractivity contribution in [3.8, 4) is 0 Å². The molecule has 1 heterocycles. The van der Waals surface area contributed by atoms with Crippen LogP contribution in [-0.4, -0.2) is 44.6 Å². The van der Waals surface area contributed by atoms with Crippen LogP contribution in [0.2, 0.25) is 0 Å². The molecule has 0 aliphatic rings. The maximum Gasteiger partial charge on any atom is 0.244 e. The predicted molar refractivity (Wildman–Crippen MR) is 75.7 cm³/mol. The van der Waals surface area contributed by atoms with E-state index < -0.39 is 10.0 Å². The molecule has 0 radical (unpaired) electrons. The van der Waals surface area contributed by atoms with Gasteiger partial charge < -0.3 is 9.84 Å². The summed E-state index contributed by atoms with van der Waals surface area (Å²) in [5.41, 5.74) is 0. The van der Waals surface area contributed by atoms with E-state index in [4.69, 9.17) is 4.74 Å². The molecule has 0 amide bonds. The lowest BCUT2D eigenvalue weighted by Crippen LogP contribution is -2.36. The molecule has 0 saturated heterocycles. The zero-order chi connectivity index (χ0) is 14.5. The average Bonchev–Trinajstić information content (AvgIpc) is 2.82. The van der Waals surface area contributed by atoms with Crippen LogP contribution >= 0.6 is 11.3 Å². The molecule has 110 valence electrons. The SMILES string of the molecule is COCCN(CC(C)C)S(=O)(=O)c1ccsc1CO. The van der Waals surface area contributed by atoms with Crippen LogP contribution in [0.25, 0.3) is 0 Å². The predicted octanol–water partition coefficient (Wildman–Crippen LogP) is 1.53. The molecular formula is C12H21NO4S2. The minimum absolute atomic E-state index is 0.205. The topological polar surface area (TPSA) is 66.8 Å². The molecule has 0 aliphatic carbocycles. The highest BCUT2D eigenvalue weighted by Crippen LogP contribution is 2.25. The summed E-state index contributed by atoms with van der Waals surface area (Å²) in [5.74, 6) is 0.225. The van der Waals surface area contributed by atoms with Gasteiger partial charge in [0.15, 0.2) is 0 Å². The average molecular weight is 307 g/mol. The Morgan fingerprint density at radius 1 is 1.47 bits per heavy atom. The van der Waals surface area contributed by atoms with Crippen molar-refractivity contribution < 1.29 is 18.3 Å². The highest BCUT2D eigenvalue weighted by molar-refractivity contribution is 7.89. The van der Waals surface area contributed by atoms with Gasteiger partial charge in [0, 0.05) is 25.1 Å². The van der Waals surface area contributed by atoms with Crippen molar-refractivity contribution in [2.24, 2.45) is 5.92 Å². The van der Waals surface area contributed by atoms with E-state index in [-0.39, 0.29) is 17.4 Å². The summed E-state index contributed by atoms with van der Waals surface area (Å²) >= 11 is 1.25. The van der Waals surface area contributed by atoms with E-state index in [1.807, 2.05) is 13.8 Å².